The van der Waals surface area contributed by atoms with Crippen molar-refractivity contribution in [2.45, 2.75) is 52.0 Å². The van der Waals surface area contributed by atoms with Gasteiger partial charge in [-0.3, -0.25) is 14.6 Å². The monoisotopic (exact) mass is 447 g/mol. The lowest BCUT2D eigenvalue weighted by Crippen LogP contribution is -2.63. The van der Waals surface area contributed by atoms with E-state index in [-0.39, 0.29) is 37.3 Å². The molecule has 1 aromatic rings. The highest BCUT2D eigenvalue weighted by Crippen LogP contribution is 2.20. The molecule has 8 nitrogen and oxygen atoms in total. The SMILES string of the molecule is C[C@@H]1CN(CC(=O)OCc2ccccc2)[C@@H](CN2CCOCC2)CN1C(=O)OC(C)(C)C. The molecular weight excluding hydrogens is 410 g/mol. The number of piperazine rings is 1. The molecule has 3 rings (SSSR count). The van der Waals surface area contributed by atoms with Crippen LogP contribution in [0.5, 0.6) is 0 Å². The Morgan fingerprint density at radius 1 is 1.09 bits per heavy atom. The fourth-order valence-electron chi connectivity index (χ4n) is 4.08. The predicted molar refractivity (Wildman–Crippen MR) is 121 cm³/mol. The van der Waals surface area contributed by atoms with E-state index in [4.69, 9.17) is 14.2 Å². The zero-order chi connectivity index (χ0) is 23.1. The molecule has 0 unspecified atom stereocenters. The van der Waals surface area contributed by atoms with Crippen LogP contribution in [0.15, 0.2) is 30.3 Å². The molecule has 32 heavy (non-hydrogen) atoms. The number of carbonyl (C=O) groups excluding carboxylic acids is 2. The zero-order valence-electron chi connectivity index (χ0n) is 19.8. The Morgan fingerprint density at radius 3 is 2.44 bits per heavy atom. The number of benzene rings is 1. The molecular formula is C24H37N3O5. The summed E-state index contributed by atoms with van der Waals surface area (Å²) in [6, 6.07) is 9.63. The first-order valence-electron chi connectivity index (χ1n) is 11.4. The van der Waals surface area contributed by atoms with Gasteiger partial charge in [-0.25, -0.2) is 4.79 Å². The van der Waals surface area contributed by atoms with E-state index < -0.39 is 5.60 Å². The Labute approximate surface area is 191 Å². The third-order valence-corrected chi connectivity index (χ3v) is 5.73. The van der Waals surface area contributed by atoms with Gasteiger partial charge >= 0.3 is 12.1 Å². The second kappa shape index (κ2) is 11.1. The van der Waals surface area contributed by atoms with Gasteiger partial charge in [-0.05, 0) is 33.3 Å². The lowest BCUT2D eigenvalue weighted by molar-refractivity contribution is -0.148. The number of hydrogen-bond acceptors (Lipinski definition) is 7. The molecule has 0 spiro atoms. The first-order chi connectivity index (χ1) is 15.2. The topological polar surface area (TPSA) is 71.6 Å². The molecule has 1 amide bonds. The summed E-state index contributed by atoms with van der Waals surface area (Å²) in [5, 5.41) is 0. The minimum atomic E-state index is -0.547. The third kappa shape index (κ3) is 7.46. The highest BCUT2D eigenvalue weighted by molar-refractivity contribution is 5.72. The maximum atomic E-state index is 12.8. The Bertz CT molecular complexity index is 746. The lowest BCUT2D eigenvalue weighted by Gasteiger charge is -2.46. The summed E-state index contributed by atoms with van der Waals surface area (Å²) in [4.78, 5) is 31.7. The van der Waals surface area contributed by atoms with Crippen molar-refractivity contribution in [3.05, 3.63) is 35.9 Å². The van der Waals surface area contributed by atoms with Crippen LogP contribution in [0, 0.1) is 0 Å². The number of carbonyl (C=O) groups is 2. The number of esters is 1. The molecule has 2 atom stereocenters. The van der Waals surface area contributed by atoms with Crippen molar-refractivity contribution in [3.63, 3.8) is 0 Å². The molecule has 0 radical (unpaired) electrons. The molecule has 2 fully saturated rings. The fraction of sp³-hybridized carbons (Fsp3) is 0.667. The van der Waals surface area contributed by atoms with Gasteiger partial charge in [0, 0.05) is 44.8 Å². The van der Waals surface area contributed by atoms with Crippen LogP contribution >= 0.6 is 0 Å². The van der Waals surface area contributed by atoms with Crippen molar-refractivity contribution in [3.8, 4) is 0 Å². The van der Waals surface area contributed by atoms with E-state index in [0.717, 1.165) is 25.2 Å². The second-order valence-electron chi connectivity index (χ2n) is 9.62. The summed E-state index contributed by atoms with van der Waals surface area (Å²) in [6.45, 7) is 13.1. The van der Waals surface area contributed by atoms with Crippen molar-refractivity contribution in [2.75, 3.05) is 52.5 Å². The standard InChI is InChI=1S/C24H37N3O5/c1-19-14-26(17-22(28)31-18-20-8-6-5-7-9-20)21(15-25-10-12-30-13-11-25)16-27(19)23(29)32-24(2,3)4/h5-9,19,21H,10-18H2,1-4H3/t19-,21+/m1/s1. The molecule has 0 aromatic heterocycles. The number of morpholine rings is 1. The van der Waals surface area contributed by atoms with Crippen molar-refractivity contribution in [1.29, 1.82) is 0 Å². The third-order valence-electron chi connectivity index (χ3n) is 5.73. The molecule has 0 bridgehead atoms. The largest absolute Gasteiger partial charge is 0.460 e. The minimum absolute atomic E-state index is 0.0149. The van der Waals surface area contributed by atoms with Gasteiger partial charge < -0.3 is 19.1 Å². The summed E-state index contributed by atoms with van der Waals surface area (Å²) in [6.07, 6.45) is -0.303. The molecule has 2 aliphatic heterocycles. The molecule has 8 heteroatoms. The molecule has 1 aromatic carbocycles. The first kappa shape index (κ1) is 24.5. The van der Waals surface area contributed by atoms with Crippen LogP contribution in [-0.4, -0.2) is 96.9 Å². The van der Waals surface area contributed by atoms with Crippen LogP contribution in [0.25, 0.3) is 0 Å². The fourth-order valence-corrected chi connectivity index (χ4v) is 4.08. The molecule has 2 heterocycles. The van der Waals surface area contributed by atoms with Gasteiger partial charge in [0.05, 0.1) is 19.8 Å². The molecule has 2 saturated heterocycles. The van der Waals surface area contributed by atoms with E-state index in [1.807, 2.05) is 58.0 Å². The average molecular weight is 448 g/mol. The summed E-state index contributed by atoms with van der Waals surface area (Å²) in [7, 11) is 0. The van der Waals surface area contributed by atoms with Crippen LogP contribution < -0.4 is 0 Å². The summed E-state index contributed by atoms with van der Waals surface area (Å²) >= 11 is 0. The predicted octanol–water partition coefficient (Wildman–Crippen LogP) is 2.37. The van der Waals surface area contributed by atoms with Crippen LogP contribution in [0.4, 0.5) is 4.79 Å². The molecule has 0 saturated carbocycles. The maximum absolute atomic E-state index is 12.8. The van der Waals surface area contributed by atoms with Gasteiger partial charge in [0.15, 0.2) is 0 Å². The second-order valence-corrected chi connectivity index (χ2v) is 9.62. The van der Waals surface area contributed by atoms with E-state index in [0.29, 0.717) is 26.3 Å². The van der Waals surface area contributed by atoms with Crippen molar-refractivity contribution in [2.24, 2.45) is 0 Å². The Balaban J connectivity index is 1.64. The van der Waals surface area contributed by atoms with Gasteiger partial charge in [0.1, 0.15) is 12.2 Å². The van der Waals surface area contributed by atoms with Gasteiger partial charge in [-0.2, -0.15) is 0 Å². The van der Waals surface area contributed by atoms with Crippen LogP contribution in [0.3, 0.4) is 0 Å². The molecule has 0 N–H and O–H groups in total. The van der Waals surface area contributed by atoms with Gasteiger partial charge in [-0.15, -0.1) is 0 Å². The normalized spacial score (nSPS) is 23.1. The highest BCUT2D eigenvalue weighted by Gasteiger charge is 2.38. The molecule has 178 valence electrons. The number of hydrogen-bond donors (Lipinski definition) is 0. The van der Waals surface area contributed by atoms with Crippen molar-refractivity contribution >= 4 is 12.1 Å². The van der Waals surface area contributed by atoms with E-state index in [1.165, 1.54) is 0 Å². The minimum Gasteiger partial charge on any atom is -0.460 e. The lowest BCUT2D eigenvalue weighted by atomic mass is 10.1. The van der Waals surface area contributed by atoms with E-state index >= 15 is 0 Å². The maximum Gasteiger partial charge on any atom is 0.410 e. The van der Waals surface area contributed by atoms with Crippen LogP contribution in [0.1, 0.15) is 33.3 Å². The first-order valence-corrected chi connectivity index (χ1v) is 11.4. The quantitative estimate of drug-likeness (QED) is 0.620. The smallest absolute Gasteiger partial charge is 0.410 e. The van der Waals surface area contributed by atoms with Gasteiger partial charge in [-0.1, -0.05) is 30.3 Å². The van der Waals surface area contributed by atoms with E-state index in [2.05, 4.69) is 9.80 Å². The highest BCUT2D eigenvalue weighted by atomic mass is 16.6. The van der Waals surface area contributed by atoms with Crippen LogP contribution in [0.2, 0.25) is 0 Å². The van der Waals surface area contributed by atoms with Gasteiger partial charge in [0.2, 0.25) is 0 Å². The van der Waals surface area contributed by atoms with Gasteiger partial charge in [0.25, 0.3) is 0 Å². The zero-order valence-corrected chi connectivity index (χ0v) is 19.8. The number of rotatable bonds is 6. The average Bonchev–Trinajstić information content (AvgIpc) is 2.74. The Hall–Kier alpha value is -2.16. The summed E-state index contributed by atoms with van der Waals surface area (Å²) in [5.41, 5.74) is 0.420. The van der Waals surface area contributed by atoms with Crippen molar-refractivity contribution in [1.82, 2.24) is 14.7 Å². The van der Waals surface area contributed by atoms with E-state index in [9.17, 15) is 9.59 Å². The molecule has 0 aliphatic carbocycles. The number of amides is 1. The Kier molecular flexibility index (Phi) is 8.51. The van der Waals surface area contributed by atoms with Crippen LogP contribution in [-0.2, 0) is 25.6 Å². The Morgan fingerprint density at radius 2 is 1.78 bits per heavy atom. The van der Waals surface area contributed by atoms with Crippen molar-refractivity contribution < 1.29 is 23.8 Å². The summed E-state index contributed by atoms with van der Waals surface area (Å²) in [5.74, 6) is -0.251. The van der Waals surface area contributed by atoms with E-state index in [1.54, 1.807) is 4.90 Å². The summed E-state index contributed by atoms with van der Waals surface area (Å²) < 4.78 is 16.6. The number of ether oxygens (including phenoxy) is 3. The number of nitrogens with zero attached hydrogens (tertiary/aromatic N) is 3. The molecule has 2 aliphatic rings.